The third-order valence-corrected chi connectivity index (χ3v) is 5.64. The van der Waals surface area contributed by atoms with Crippen LogP contribution in [0, 0.1) is 0 Å². The SMILES string of the molecule is CCOC(=O)c1cnc(NC(=O)C(CC)Sc2nc3ccccc3[nH]2)s1. The Labute approximate surface area is 158 Å². The Kier molecular flexibility index (Phi) is 5.89. The summed E-state index contributed by atoms with van der Waals surface area (Å²) in [7, 11) is 0. The largest absolute Gasteiger partial charge is 0.462 e. The minimum atomic E-state index is -0.436. The van der Waals surface area contributed by atoms with E-state index in [1.54, 1.807) is 6.92 Å². The van der Waals surface area contributed by atoms with Crippen molar-refractivity contribution in [1.29, 1.82) is 0 Å². The number of para-hydroxylation sites is 2. The number of hydrogen-bond donors (Lipinski definition) is 2. The number of carbonyl (C=O) groups excluding carboxylic acids is 2. The van der Waals surface area contributed by atoms with Gasteiger partial charge in [-0.05, 0) is 25.5 Å². The van der Waals surface area contributed by atoms with Gasteiger partial charge < -0.3 is 15.0 Å². The van der Waals surface area contributed by atoms with E-state index in [-0.39, 0.29) is 11.2 Å². The first-order chi connectivity index (χ1) is 12.6. The number of esters is 1. The second-order valence-corrected chi connectivity index (χ2v) is 7.54. The topological polar surface area (TPSA) is 97.0 Å². The van der Waals surface area contributed by atoms with E-state index in [1.807, 2.05) is 31.2 Å². The number of benzene rings is 1. The molecule has 2 N–H and O–H groups in total. The zero-order chi connectivity index (χ0) is 18.5. The molecule has 2 aromatic heterocycles. The molecule has 7 nitrogen and oxygen atoms in total. The van der Waals surface area contributed by atoms with Crippen LogP contribution in [0.1, 0.15) is 29.9 Å². The van der Waals surface area contributed by atoms with Crippen molar-refractivity contribution in [3.63, 3.8) is 0 Å². The molecular weight excluding hydrogens is 372 g/mol. The van der Waals surface area contributed by atoms with Gasteiger partial charge in [-0.2, -0.15) is 0 Å². The van der Waals surface area contributed by atoms with Crippen molar-refractivity contribution >= 4 is 51.1 Å². The van der Waals surface area contributed by atoms with Crippen LogP contribution in [0.3, 0.4) is 0 Å². The standard InChI is InChI=1S/C17H18N4O3S2/c1-3-12(25-17-19-10-7-5-6-8-11(10)20-17)14(22)21-16-18-9-13(26-16)15(23)24-4-2/h5-9,12H,3-4H2,1-2H3,(H,19,20)(H,18,21,22). The number of aromatic nitrogens is 3. The van der Waals surface area contributed by atoms with Gasteiger partial charge in [-0.3, -0.25) is 4.79 Å². The molecule has 1 unspecified atom stereocenters. The molecule has 0 fully saturated rings. The van der Waals surface area contributed by atoms with E-state index in [0.717, 1.165) is 22.4 Å². The lowest BCUT2D eigenvalue weighted by atomic mass is 10.3. The zero-order valence-corrected chi connectivity index (χ0v) is 15.9. The number of thiazole rings is 1. The summed E-state index contributed by atoms with van der Waals surface area (Å²) in [5, 5.41) is 3.50. The van der Waals surface area contributed by atoms with E-state index < -0.39 is 5.97 Å². The lowest BCUT2D eigenvalue weighted by molar-refractivity contribution is -0.115. The number of imidazole rings is 1. The molecule has 1 aromatic carbocycles. The third-order valence-electron chi connectivity index (χ3n) is 3.50. The molecule has 1 amide bonds. The van der Waals surface area contributed by atoms with Crippen LogP contribution in [0.5, 0.6) is 0 Å². The van der Waals surface area contributed by atoms with Crippen molar-refractivity contribution in [3.05, 3.63) is 35.3 Å². The molecule has 0 aliphatic carbocycles. The first-order valence-corrected chi connectivity index (χ1v) is 9.85. The Morgan fingerprint density at radius 2 is 2.15 bits per heavy atom. The maximum absolute atomic E-state index is 12.5. The van der Waals surface area contributed by atoms with Gasteiger partial charge in [0.15, 0.2) is 10.3 Å². The maximum Gasteiger partial charge on any atom is 0.350 e. The second kappa shape index (κ2) is 8.33. The van der Waals surface area contributed by atoms with Crippen LogP contribution < -0.4 is 5.32 Å². The molecule has 136 valence electrons. The van der Waals surface area contributed by atoms with Gasteiger partial charge in [0.1, 0.15) is 4.88 Å². The van der Waals surface area contributed by atoms with E-state index in [1.165, 1.54) is 18.0 Å². The lowest BCUT2D eigenvalue weighted by Gasteiger charge is -2.11. The maximum atomic E-state index is 12.5. The fourth-order valence-electron chi connectivity index (χ4n) is 2.26. The Morgan fingerprint density at radius 3 is 2.88 bits per heavy atom. The number of H-pyrrole nitrogens is 1. The molecule has 1 atom stereocenters. The highest BCUT2D eigenvalue weighted by atomic mass is 32.2. The first-order valence-electron chi connectivity index (χ1n) is 8.16. The molecule has 3 aromatic rings. The molecule has 0 aliphatic rings. The Balaban J connectivity index is 1.66. The quantitative estimate of drug-likeness (QED) is 0.472. The number of aromatic amines is 1. The summed E-state index contributed by atoms with van der Waals surface area (Å²) in [6, 6.07) is 7.72. The number of carbonyl (C=O) groups is 2. The molecule has 0 aliphatic heterocycles. The minimum Gasteiger partial charge on any atom is -0.462 e. The number of hydrogen-bond acceptors (Lipinski definition) is 7. The molecular formula is C17H18N4O3S2. The van der Waals surface area contributed by atoms with Crippen LogP contribution >= 0.6 is 23.1 Å². The Morgan fingerprint density at radius 1 is 1.35 bits per heavy atom. The van der Waals surface area contributed by atoms with Gasteiger partial charge in [-0.25, -0.2) is 14.8 Å². The fourth-order valence-corrected chi connectivity index (χ4v) is 3.89. The second-order valence-electron chi connectivity index (χ2n) is 5.31. The number of nitrogens with one attached hydrogen (secondary N) is 2. The number of ether oxygens (including phenoxy) is 1. The minimum absolute atomic E-state index is 0.178. The fraction of sp³-hybridized carbons (Fsp3) is 0.294. The molecule has 0 saturated carbocycles. The number of anilines is 1. The van der Waals surface area contributed by atoms with E-state index >= 15 is 0 Å². The van der Waals surface area contributed by atoms with Crippen LogP contribution in [0.4, 0.5) is 5.13 Å². The van der Waals surface area contributed by atoms with Gasteiger partial charge in [-0.15, -0.1) is 0 Å². The number of thioether (sulfide) groups is 1. The molecule has 0 saturated heterocycles. The zero-order valence-electron chi connectivity index (χ0n) is 14.3. The number of amides is 1. The van der Waals surface area contributed by atoms with Gasteiger partial charge >= 0.3 is 5.97 Å². The summed E-state index contributed by atoms with van der Waals surface area (Å²) in [5.41, 5.74) is 1.80. The highest BCUT2D eigenvalue weighted by Gasteiger charge is 2.21. The van der Waals surface area contributed by atoms with E-state index in [9.17, 15) is 9.59 Å². The van der Waals surface area contributed by atoms with Crippen molar-refractivity contribution < 1.29 is 14.3 Å². The van der Waals surface area contributed by atoms with E-state index in [0.29, 0.717) is 28.2 Å². The van der Waals surface area contributed by atoms with Crippen LogP contribution in [-0.2, 0) is 9.53 Å². The third kappa shape index (κ3) is 4.23. The molecule has 2 heterocycles. The average molecular weight is 390 g/mol. The number of rotatable bonds is 7. The summed E-state index contributed by atoms with van der Waals surface area (Å²) < 4.78 is 4.92. The molecule has 9 heteroatoms. The smallest absolute Gasteiger partial charge is 0.350 e. The van der Waals surface area contributed by atoms with Crippen LogP contribution in [0.15, 0.2) is 35.6 Å². The lowest BCUT2D eigenvalue weighted by Crippen LogP contribution is -2.24. The van der Waals surface area contributed by atoms with Gasteiger partial charge in [0, 0.05) is 0 Å². The summed E-state index contributed by atoms with van der Waals surface area (Å²) in [6.45, 7) is 3.97. The Bertz CT molecular complexity index is 889. The highest BCUT2D eigenvalue weighted by molar-refractivity contribution is 8.00. The Hall–Kier alpha value is -2.39. The summed E-state index contributed by atoms with van der Waals surface area (Å²) in [6.07, 6.45) is 2.04. The van der Waals surface area contributed by atoms with E-state index in [2.05, 4.69) is 20.3 Å². The monoisotopic (exact) mass is 390 g/mol. The number of fused-ring (bicyclic) bond motifs is 1. The van der Waals surface area contributed by atoms with Gasteiger partial charge in [-0.1, -0.05) is 42.2 Å². The summed E-state index contributed by atoms with van der Waals surface area (Å²) in [4.78, 5) is 36.4. The van der Waals surface area contributed by atoms with Gasteiger partial charge in [0.05, 0.1) is 29.1 Å². The van der Waals surface area contributed by atoms with Gasteiger partial charge in [0.25, 0.3) is 0 Å². The number of nitrogens with zero attached hydrogens (tertiary/aromatic N) is 2. The van der Waals surface area contributed by atoms with Crippen LogP contribution in [0.25, 0.3) is 11.0 Å². The summed E-state index contributed by atoms with van der Waals surface area (Å²) in [5.74, 6) is -0.614. The van der Waals surface area contributed by atoms with Crippen molar-refractivity contribution in [2.75, 3.05) is 11.9 Å². The van der Waals surface area contributed by atoms with Crippen LogP contribution in [-0.4, -0.2) is 38.7 Å². The molecule has 0 spiro atoms. The highest BCUT2D eigenvalue weighted by Crippen LogP contribution is 2.27. The summed E-state index contributed by atoms with van der Waals surface area (Å²) >= 11 is 2.47. The first kappa shape index (κ1) is 18.4. The van der Waals surface area contributed by atoms with Gasteiger partial charge in [0.2, 0.25) is 5.91 Å². The van der Waals surface area contributed by atoms with Crippen molar-refractivity contribution in [3.8, 4) is 0 Å². The average Bonchev–Trinajstić information content (AvgIpc) is 3.26. The van der Waals surface area contributed by atoms with Crippen molar-refractivity contribution in [2.45, 2.75) is 30.7 Å². The normalized spacial score (nSPS) is 12.1. The predicted molar refractivity (Wildman–Crippen MR) is 103 cm³/mol. The molecule has 0 bridgehead atoms. The molecule has 0 radical (unpaired) electrons. The van der Waals surface area contributed by atoms with Crippen molar-refractivity contribution in [2.24, 2.45) is 0 Å². The molecule has 3 rings (SSSR count). The predicted octanol–water partition coefficient (Wildman–Crippen LogP) is 3.71. The van der Waals surface area contributed by atoms with Crippen LogP contribution in [0.2, 0.25) is 0 Å². The van der Waals surface area contributed by atoms with E-state index in [4.69, 9.17) is 4.74 Å². The molecule has 26 heavy (non-hydrogen) atoms. The van der Waals surface area contributed by atoms with Crippen molar-refractivity contribution in [1.82, 2.24) is 15.0 Å².